The van der Waals surface area contributed by atoms with E-state index >= 15 is 0 Å². The Hall–Kier alpha value is -1.19. The van der Waals surface area contributed by atoms with Crippen LogP contribution in [0, 0.1) is 23.2 Å². The summed E-state index contributed by atoms with van der Waals surface area (Å²) >= 11 is 0. The zero-order valence-electron chi connectivity index (χ0n) is 17.8. The zero-order valence-corrected chi connectivity index (χ0v) is 17.8. The van der Waals surface area contributed by atoms with Crippen LogP contribution in [0.5, 0.6) is 0 Å². The molecule has 0 aromatic rings. The van der Waals surface area contributed by atoms with Gasteiger partial charge in [-0.05, 0) is 86.2 Å². The third-order valence-corrected chi connectivity index (χ3v) is 7.76. The van der Waals surface area contributed by atoms with E-state index in [9.17, 15) is 14.6 Å². The summed E-state index contributed by atoms with van der Waals surface area (Å²) in [4.78, 5) is 0. The van der Waals surface area contributed by atoms with E-state index in [1.165, 1.54) is 38.2 Å². The van der Waals surface area contributed by atoms with Crippen LogP contribution in [0.4, 0.5) is 4.39 Å². The summed E-state index contributed by atoms with van der Waals surface area (Å²) in [5.41, 5.74) is 3.54. The maximum atomic E-state index is 13.2. The Kier molecular flexibility index (Phi) is 6.66. The van der Waals surface area contributed by atoms with Gasteiger partial charge in [-0.15, -0.1) is 0 Å². The molecule has 0 amide bonds. The van der Waals surface area contributed by atoms with Crippen LogP contribution in [0.1, 0.15) is 72.1 Å². The highest BCUT2D eigenvalue weighted by atomic mass is 19.1. The van der Waals surface area contributed by atoms with Gasteiger partial charge in [0.05, 0.1) is 18.0 Å². The molecule has 0 unspecified atom stereocenters. The summed E-state index contributed by atoms with van der Waals surface area (Å²) in [6, 6.07) is 0. The fourth-order valence-corrected chi connectivity index (χ4v) is 6.19. The molecule has 6 atom stereocenters. The lowest BCUT2D eigenvalue weighted by Gasteiger charge is -2.44. The number of aliphatic hydroxyl groups is 2. The average Bonchev–Trinajstić information content (AvgIpc) is 2.99. The van der Waals surface area contributed by atoms with Gasteiger partial charge in [0.25, 0.3) is 0 Å². The van der Waals surface area contributed by atoms with Crippen molar-refractivity contribution in [3.8, 4) is 0 Å². The summed E-state index contributed by atoms with van der Waals surface area (Å²) in [6.45, 7) is 10.3. The minimum Gasteiger partial charge on any atom is -0.393 e. The van der Waals surface area contributed by atoms with Crippen LogP contribution < -0.4 is 0 Å². The van der Waals surface area contributed by atoms with Gasteiger partial charge >= 0.3 is 0 Å². The monoisotopic (exact) mass is 388 g/mol. The van der Waals surface area contributed by atoms with Gasteiger partial charge in [0.1, 0.15) is 0 Å². The van der Waals surface area contributed by atoms with E-state index < -0.39 is 12.2 Å². The predicted octanol–water partition coefficient (Wildman–Crippen LogP) is 6.03. The average molecular weight is 389 g/mol. The van der Waals surface area contributed by atoms with Crippen LogP contribution in [0.15, 0.2) is 47.4 Å². The second-order valence-electron chi connectivity index (χ2n) is 9.67. The third kappa shape index (κ3) is 4.36. The van der Waals surface area contributed by atoms with Gasteiger partial charge in [-0.3, -0.25) is 0 Å². The van der Waals surface area contributed by atoms with Gasteiger partial charge < -0.3 is 10.2 Å². The highest BCUT2D eigenvalue weighted by molar-refractivity contribution is 5.38. The first kappa shape index (κ1) is 21.5. The number of hydrogen-bond donors (Lipinski definition) is 2. The quantitative estimate of drug-likeness (QED) is 0.617. The lowest BCUT2D eigenvalue weighted by atomic mass is 9.61. The van der Waals surface area contributed by atoms with Gasteiger partial charge in [-0.25, -0.2) is 4.39 Å². The van der Waals surface area contributed by atoms with Crippen molar-refractivity contribution < 1.29 is 14.6 Å². The van der Waals surface area contributed by atoms with E-state index in [1.54, 1.807) is 6.08 Å². The molecule has 3 rings (SSSR count). The van der Waals surface area contributed by atoms with Gasteiger partial charge in [0.2, 0.25) is 0 Å². The molecule has 0 radical (unpaired) electrons. The first-order valence-electron chi connectivity index (χ1n) is 11.0. The summed E-state index contributed by atoms with van der Waals surface area (Å²) in [5, 5.41) is 20.1. The summed E-state index contributed by atoms with van der Waals surface area (Å²) < 4.78 is 13.2. The smallest absolute Gasteiger partial charge is 0.0929 e. The van der Waals surface area contributed by atoms with Gasteiger partial charge in [0, 0.05) is 6.42 Å². The van der Waals surface area contributed by atoms with E-state index in [4.69, 9.17) is 0 Å². The largest absolute Gasteiger partial charge is 0.393 e. The fourth-order valence-electron chi connectivity index (χ4n) is 6.19. The van der Waals surface area contributed by atoms with E-state index in [1.807, 2.05) is 0 Å². The topological polar surface area (TPSA) is 40.5 Å². The first-order valence-corrected chi connectivity index (χ1v) is 11.0. The molecule has 0 aromatic carbocycles. The van der Waals surface area contributed by atoms with Gasteiger partial charge in [0.15, 0.2) is 0 Å². The Bertz CT molecular complexity index is 685. The predicted molar refractivity (Wildman–Crippen MR) is 113 cm³/mol. The molecule has 2 N–H and O–H groups in total. The molecule has 2 nitrogen and oxygen atoms in total. The lowest BCUT2D eigenvalue weighted by Crippen LogP contribution is -2.35. The molecule has 0 heterocycles. The first-order chi connectivity index (χ1) is 13.2. The SMILES string of the molecule is C=C1/C(=C\C=C2/CCC[C@]3(C)[C@@H]([C@H](C)C/C=C(\C)F)CC[C@@H]23)C[C@@H](O)C[C@@H]1O. The van der Waals surface area contributed by atoms with E-state index in [-0.39, 0.29) is 5.83 Å². The van der Waals surface area contributed by atoms with Crippen LogP contribution in [0.25, 0.3) is 0 Å². The Morgan fingerprint density at radius 3 is 2.79 bits per heavy atom. The number of rotatable bonds is 4. The molecule has 0 saturated heterocycles. The zero-order chi connectivity index (χ0) is 20.5. The molecular formula is C25H37FO2. The highest BCUT2D eigenvalue weighted by Crippen LogP contribution is 2.59. The molecule has 28 heavy (non-hydrogen) atoms. The van der Waals surface area contributed by atoms with Crippen molar-refractivity contribution in [1.82, 2.24) is 0 Å². The standard InChI is InChI=1S/C25H37FO2/c1-16(7-8-17(2)26)22-11-12-23-19(6-5-13-25(22,23)4)9-10-20-14-21(27)15-24(28)18(20)3/h8-10,16,21-24,27-28H,3,5-7,11-15H2,1-2,4H3/b17-8+,19-9+,20-10-/t16-,21-,22-,23+,24+,25-/m1/s1. The number of fused-ring (bicyclic) bond motifs is 1. The molecule has 3 heteroatoms. The van der Waals surface area contributed by atoms with Crippen LogP contribution in [0.2, 0.25) is 0 Å². The Balaban J connectivity index is 1.78. The molecule has 3 aliphatic carbocycles. The van der Waals surface area contributed by atoms with Crippen molar-refractivity contribution >= 4 is 0 Å². The van der Waals surface area contributed by atoms with Crippen molar-refractivity contribution in [3.05, 3.63) is 47.4 Å². The maximum absolute atomic E-state index is 13.2. The number of halogens is 1. The number of allylic oxidation sites excluding steroid dienone is 5. The second-order valence-corrected chi connectivity index (χ2v) is 9.67. The molecule has 0 spiro atoms. The van der Waals surface area contributed by atoms with Crippen molar-refractivity contribution in [3.63, 3.8) is 0 Å². The highest BCUT2D eigenvalue weighted by Gasteiger charge is 2.50. The van der Waals surface area contributed by atoms with E-state index in [2.05, 4.69) is 32.6 Å². The number of hydrogen-bond acceptors (Lipinski definition) is 2. The molecule has 0 aliphatic heterocycles. The van der Waals surface area contributed by atoms with E-state index in [0.29, 0.717) is 36.0 Å². The molecule has 0 bridgehead atoms. The van der Waals surface area contributed by atoms with Crippen molar-refractivity contribution in [1.29, 1.82) is 0 Å². The summed E-state index contributed by atoms with van der Waals surface area (Å²) in [7, 11) is 0. The van der Waals surface area contributed by atoms with Crippen molar-refractivity contribution in [2.75, 3.05) is 0 Å². The molecule has 0 aromatic heterocycles. The second kappa shape index (κ2) is 8.67. The third-order valence-electron chi connectivity index (χ3n) is 7.76. The summed E-state index contributed by atoms with van der Waals surface area (Å²) in [6.07, 6.45) is 12.8. The van der Waals surface area contributed by atoms with Crippen molar-refractivity contribution in [2.24, 2.45) is 23.2 Å². The van der Waals surface area contributed by atoms with E-state index in [0.717, 1.165) is 24.0 Å². The molecular weight excluding hydrogens is 351 g/mol. The Morgan fingerprint density at radius 2 is 2.07 bits per heavy atom. The van der Waals surface area contributed by atoms with Gasteiger partial charge in [-0.1, -0.05) is 44.2 Å². The molecule has 3 aliphatic rings. The van der Waals surface area contributed by atoms with Crippen LogP contribution >= 0.6 is 0 Å². The Morgan fingerprint density at radius 1 is 1.32 bits per heavy atom. The van der Waals surface area contributed by atoms with Crippen LogP contribution in [-0.2, 0) is 0 Å². The molecule has 3 saturated carbocycles. The minimum atomic E-state index is -0.631. The molecule has 3 fully saturated rings. The van der Waals surface area contributed by atoms with Crippen LogP contribution in [0.3, 0.4) is 0 Å². The van der Waals surface area contributed by atoms with Gasteiger partial charge in [-0.2, -0.15) is 0 Å². The number of aliphatic hydroxyl groups excluding tert-OH is 2. The Labute approximate surface area is 169 Å². The summed E-state index contributed by atoms with van der Waals surface area (Å²) in [5.74, 6) is 1.66. The fraction of sp³-hybridized carbons (Fsp3) is 0.680. The molecule has 156 valence electrons. The minimum absolute atomic E-state index is 0.0699. The normalized spacial score (nSPS) is 40.8. The van der Waals surface area contributed by atoms with Crippen molar-refractivity contribution in [2.45, 2.75) is 84.3 Å². The lowest BCUT2D eigenvalue weighted by molar-refractivity contribution is 0.0862. The van der Waals surface area contributed by atoms with Crippen LogP contribution in [-0.4, -0.2) is 22.4 Å². The maximum Gasteiger partial charge on any atom is 0.0929 e.